The molecule has 2 heteroatoms. The summed E-state index contributed by atoms with van der Waals surface area (Å²) in [6, 6.07) is 7.31. The minimum absolute atomic E-state index is 0.570. The van der Waals surface area contributed by atoms with Gasteiger partial charge in [0.05, 0.1) is 0 Å². The first-order valence-corrected chi connectivity index (χ1v) is 7.65. The second-order valence-corrected chi connectivity index (χ2v) is 6.08. The zero-order chi connectivity index (χ0) is 13.8. The summed E-state index contributed by atoms with van der Waals surface area (Å²) >= 11 is 0. The average molecular weight is 260 g/mol. The Morgan fingerprint density at radius 2 is 1.74 bits per heavy atom. The van der Waals surface area contributed by atoms with E-state index >= 15 is 0 Å². The largest absolute Gasteiger partial charge is 0.382 e. The number of anilines is 1. The first kappa shape index (κ1) is 14.4. The van der Waals surface area contributed by atoms with Crippen LogP contribution in [0.1, 0.15) is 37.8 Å². The molecule has 0 spiro atoms. The summed E-state index contributed by atoms with van der Waals surface area (Å²) in [4.78, 5) is 2.56. The van der Waals surface area contributed by atoms with Crippen LogP contribution in [0, 0.1) is 19.8 Å². The second-order valence-electron chi connectivity index (χ2n) is 6.08. The molecule has 0 bridgehead atoms. The molecule has 0 radical (unpaired) electrons. The van der Waals surface area contributed by atoms with Gasteiger partial charge in [-0.3, -0.25) is 0 Å². The van der Waals surface area contributed by atoms with Crippen LogP contribution in [-0.2, 0) is 0 Å². The third kappa shape index (κ3) is 3.97. The second kappa shape index (κ2) is 6.42. The van der Waals surface area contributed by atoms with E-state index < -0.39 is 0 Å². The molecule has 1 atom stereocenters. The van der Waals surface area contributed by atoms with Gasteiger partial charge in [-0.1, -0.05) is 13.0 Å². The highest BCUT2D eigenvalue weighted by Gasteiger charge is 2.22. The first-order chi connectivity index (χ1) is 9.08. The molecule has 2 nitrogen and oxygen atoms in total. The normalized spacial score (nSPS) is 19.4. The van der Waals surface area contributed by atoms with Gasteiger partial charge in [0.15, 0.2) is 0 Å². The van der Waals surface area contributed by atoms with Crippen LogP contribution in [0.25, 0.3) is 0 Å². The number of piperidine rings is 1. The van der Waals surface area contributed by atoms with Gasteiger partial charge >= 0.3 is 0 Å². The highest BCUT2D eigenvalue weighted by atomic mass is 15.1. The van der Waals surface area contributed by atoms with Crippen molar-refractivity contribution < 1.29 is 0 Å². The van der Waals surface area contributed by atoms with Crippen molar-refractivity contribution in [2.75, 3.05) is 25.0 Å². The maximum atomic E-state index is 3.71. The molecule has 0 amide bonds. The predicted octanol–water partition coefficient (Wildman–Crippen LogP) is 3.84. The van der Waals surface area contributed by atoms with Gasteiger partial charge in [0.2, 0.25) is 0 Å². The number of nitrogens with one attached hydrogen (secondary N) is 1. The quantitative estimate of drug-likeness (QED) is 0.885. The summed E-state index contributed by atoms with van der Waals surface area (Å²) in [7, 11) is 0. The molecule has 1 aromatic rings. The van der Waals surface area contributed by atoms with E-state index in [1.54, 1.807) is 0 Å². The number of aryl methyl sites for hydroxylation is 2. The van der Waals surface area contributed by atoms with Crippen LogP contribution in [0.4, 0.5) is 5.69 Å². The van der Waals surface area contributed by atoms with Gasteiger partial charge in [-0.15, -0.1) is 0 Å². The Morgan fingerprint density at radius 1 is 1.16 bits per heavy atom. The van der Waals surface area contributed by atoms with E-state index in [1.165, 1.54) is 49.3 Å². The third-order valence-electron chi connectivity index (χ3n) is 4.40. The van der Waals surface area contributed by atoms with Crippen molar-refractivity contribution in [1.29, 1.82) is 0 Å². The van der Waals surface area contributed by atoms with Crippen LogP contribution in [0.3, 0.4) is 0 Å². The molecule has 0 aromatic heterocycles. The molecule has 1 fully saturated rings. The van der Waals surface area contributed by atoms with E-state index in [1.807, 2.05) is 0 Å². The molecule has 1 heterocycles. The standard InChI is InChI=1S/C17H28N2/c1-5-19-8-6-16(7-9-19)15(4)18-17-11-13(2)10-14(3)12-17/h10-12,15-16,18H,5-9H2,1-4H3. The van der Waals surface area contributed by atoms with Gasteiger partial charge in [-0.05, 0) is 82.4 Å². The molecule has 106 valence electrons. The summed E-state index contributed by atoms with van der Waals surface area (Å²) in [6.45, 7) is 12.7. The molecule has 1 aromatic carbocycles. The lowest BCUT2D eigenvalue weighted by Gasteiger charge is -2.35. The van der Waals surface area contributed by atoms with Gasteiger partial charge in [0, 0.05) is 11.7 Å². The van der Waals surface area contributed by atoms with Crippen molar-refractivity contribution in [2.24, 2.45) is 5.92 Å². The van der Waals surface area contributed by atoms with Crippen LogP contribution in [0.2, 0.25) is 0 Å². The monoisotopic (exact) mass is 260 g/mol. The Hall–Kier alpha value is -1.02. The van der Waals surface area contributed by atoms with Crippen LogP contribution >= 0.6 is 0 Å². The summed E-state index contributed by atoms with van der Waals surface area (Å²) in [5.41, 5.74) is 3.97. The van der Waals surface area contributed by atoms with Crippen LogP contribution in [0.15, 0.2) is 18.2 Å². The average Bonchev–Trinajstić information content (AvgIpc) is 2.37. The fourth-order valence-corrected chi connectivity index (χ4v) is 3.21. The van der Waals surface area contributed by atoms with Crippen LogP contribution in [0.5, 0.6) is 0 Å². The fourth-order valence-electron chi connectivity index (χ4n) is 3.21. The number of hydrogen-bond acceptors (Lipinski definition) is 2. The maximum Gasteiger partial charge on any atom is 0.0347 e. The van der Waals surface area contributed by atoms with Crippen molar-refractivity contribution in [3.05, 3.63) is 29.3 Å². The van der Waals surface area contributed by atoms with Gasteiger partial charge < -0.3 is 10.2 Å². The van der Waals surface area contributed by atoms with E-state index in [4.69, 9.17) is 0 Å². The number of benzene rings is 1. The molecular weight excluding hydrogens is 232 g/mol. The number of hydrogen-bond donors (Lipinski definition) is 1. The maximum absolute atomic E-state index is 3.71. The van der Waals surface area contributed by atoms with Crippen molar-refractivity contribution in [1.82, 2.24) is 4.90 Å². The lowest BCUT2D eigenvalue weighted by atomic mass is 9.90. The SMILES string of the molecule is CCN1CCC(C(C)Nc2cc(C)cc(C)c2)CC1. The topological polar surface area (TPSA) is 15.3 Å². The molecule has 19 heavy (non-hydrogen) atoms. The zero-order valence-electron chi connectivity index (χ0n) is 12.9. The molecule has 1 N–H and O–H groups in total. The Morgan fingerprint density at radius 3 is 2.26 bits per heavy atom. The molecule has 1 aliphatic rings. The Balaban J connectivity index is 1.92. The highest BCUT2D eigenvalue weighted by Crippen LogP contribution is 2.24. The summed E-state index contributed by atoms with van der Waals surface area (Å²) in [5, 5.41) is 3.71. The van der Waals surface area contributed by atoms with E-state index in [0.29, 0.717) is 6.04 Å². The van der Waals surface area contributed by atoms with E-state index in [9.17, 15) is 0 Å². The van der Waals surface area contributed by atoms with Crippen LogP contribution < -0.4 is 5.32 Å². The number of nitrogens with zero attached hydrogens (tertiary/aromatic N) is 1. The molecule has 2 rings (SSSR count). The van der Waals surface area contributed by atoms with Gasteiger partial charge in [0.25, 0.3) is 0 Å². The van der Waals surface area contributed by atoms with E-state index in [2.05, 4.69) is 56.1 Å². The van der Waals surface area contributed by atoms with Gasteiger partial charge in [-0.2, -0.15) is 0 Å². The summed E-state index contributed by atoms with van der Waals surface area (Å²) < 4.78 is 0. The van der Waals surface area contributed by atoms with Gasteiger partial charge in [0.1, 0.15) is 0 Å². The molecule has 1 unspecified atom stereocenters. The van der Waals surface area contributed by atoms with E-state index in [-0.39, 0.29) is 0 Å². The van der Waals surface area contributed by atoms with Crippen molar-refractivity contribution >= 4 is 5.69 Å². The zero-order valence-corrected chi connectivity index (χ0v) is 12.9. The minimum Gasteiger partial charge on any atom is -0.382 e. The Kier molecular flexibility index (Phi) is 4.87. The summed E-state index contributed by atoms with van der Waals surface area (Å²) in [5.74, 6) is 0.809. The first-order valence-electron chi connectivity index (χ1n) is 7.65. The molecular formula is C17H28N2. The lowest BCUT2D eigenvalue weighted by Crippen LogP contribution is -2.39. The van der Waals surface area contributed by atoms with Crippen molar-refractivity contribution in [3.8, 4) is 0 Å². The molecule has 0 aliphatic carbocycles. The number of rotatable bonds is 4. The fraction of sp³-hybridized carbons (Fsp3) is 0.647. The third-order valence-corrected chi connectivity index (χ3v) is 4.40. The van der Waals surface area contributed by atoms with Crippen LogP contribution in [-0.4, -0.2) is 30.6 Å². The Labute approximate surface area is 118 Å². The van der Waals surface area contributed by atoms with Crippen molar-refractivity contribution in [2.45, 2.75) is 46.6 Å². The predicted molar refractivity (Wildman–Crippen MR) is 83.8 cm³/mol. The molecule has 1 aliphatic heterocycles. The smallest absolute Gasteiger partial charge is 0.0347 e. The lowest BCUT2D eigenvalue weighted by molar-refractivity contribution is 0.183. The minimum atomic E-state index is 0.570. The van der Waals surface area contributed by atoms with Gasteiger partial charge in [-0.25, -0.2) is 0 Å². The molecule has 1 saturated heterocycles. The highest BCUT2D eigenvalue weighted by molar-refractivity contribution is 5.49. The summed E-state index contributed by atoms with van der Waals surface area (Å²) in [6.07, 6.45) is 2.65. The molecule has 0 saturated carbocycles. The van der Waals surface area contributed by atoms with Crippen molar-refractivity contribution in [3.63, 3.8) is 0 Å². The van der Waals surface area contributed by atoms with E-state index in [0.717, 1.165) is 5.92 Å². The Bertz CT molecular complexity index is 385. The number of likely N-dealkylation sites (tertiary alicyclic amines) is 1.